The second-order valence-corrected chi connectivity index (χ2v) is 6.56. The molecule has 3 unspecified atom stereocenters. The number of epoxide rings is 2. The van der Waals surface area contributed by atoms with Crippen molar-refractivity contribution in [3.05, 3.63) is 11.6 Å². The predicted molar refractivity (Wildman–Crippen MR) is 76.7 cm³/mol. The van der Waals surface area contributed by atoms with Gasteiger partial charge >= 0.3 is 0 Å². The van der Waals surface area contributed by atoms with E-state index in [0.29, 0.717) is 12.5 Å². The molecule has 0 aromatic rings. The van der Waals surface area contributed by atoms with E-state index < -0.39 is 0 Å². The fourth-order valence-electron chi connectivity index (χ4n) is 2.76. The number of carbonyl (C=O) groups excluding carboxylic acids is 1. The molecule has 0 radical (unpaired) electrons. The third-order valence-corrected chi connectivity index (χ3v) is 4.17. The summed E-state index contributed by atoms with van der Waals surface area (Å²) >= 11 is 0. The van der Waals surface area contributed by atoms with Crippen LogP contribution < -0.4 is 0 Å². The molecule has 0 aromatic carbocycles. The van der Waals surface area contributed by atoms with Crippen molar-refractivity contribution in [3.63, 3.8) is 0 Å². The molecule has 3 atom stereocenters. The molecule has 0 saturated carbocycles. The Balaban J connectivity index is 1.76. The lowest BCUT2D eigenvalue weighted by molar-refractivity contribution is -0.123. The summed E-state index contributed by atoms with van der Waals surface area (Å²) in [6.45, 7) is 7.31. The summed E-state index contributed by atoms with van der Waals surface area (Å²) in [7, 11) is 1.55. The van der Waals surface area contributed by atoms with E-state index in [4.69, 9.17) is 14.2 Å². The van der Waals surface area contributed by atoms with Crippen LogP contribution in [0.1, 0.15) is 46.5 Å². The van der Waals surface area contributed by atoms with Crippen LogP contribution in [0.15, 0.2) is 11.6 Å². The number of carbonyl (C=O) groups is 1. The van der Waals surface area contributed by atoms with Crippen molar-refractivity contribution in [2.45, 2.75) is 63.8 Å². The average Bonchev–Trinajstić information content (AvgIpc) is 3.25. The van der Waals surface area contributed by atoms with Gasteiger partial charge in [0, 0.05) is 20.0 Å². The van der Waals surface area contributed by atoms with Gasteiger partial charge in [-0.1, -0.05) is 11.6 Å². The first-order chi connectivity index (χ1) is 9.39. The highest BCUT2D eigenvalue weighted by atomic mass is 16.6. The maximum atomic E-state index is 11.5. The fraction of sp³-hybridized carbons (Fsp3) is 0.812. The normalized spacial score (nSPS) is 34.7. The minimum atomic E-state index is -0.127. The lowest BCUT2D eigenvalue weighted by Crippen LogP contribution is -2.24. The quantitative estimate of drug-likeness (QED) is 0.482. The van der Waals surface area contributed by atoms with E-state index in [1.807, 2.05) is 0 Å². The van der Waals surface area contributed by atoms with Crippen LogP contribution in [-0.4, -0.2) is 43.4 Å². The third kappa shape index (κ3) is 4.14. The number of rotatable bonds is 9. The van der Waals surface area contributed by atoms with Crippen molar-refractivity contribution < 1.29 is 19.0 Å². The molecule has 20 heavy (non-hydrogen) atoms. The lowest BCUT2D eigenvalue weighted by Gasteiger charge is -2.14. The van der Waals surface area contributed by atoms with Gasteiger partial charge in [-0.25, -0.2) is 0 Å². The fourth-order valence-corrected chi connectivity index (χ4v) is 2.76. The van der Waals surface area contributed by atoms with Crippen LogP contribution in [0.4, 0.5) is 0 Å². The highest BCUT2D eigenvalue weighted by Crippen LogP contribution is 2.50. The van der Waals surface area contributed by atoms with Crippen LogP contribution in [-0.2, 0) is 19.0 Å². The molecular formula is C16H26O4. The van der Waals surface area contributed by atoms with Crippen LogP contribution in [0.25, 0.3) is 0 Å². The second-order valence-electron chi connectivity index (χ2n) is 6.56. The first-order valence-corrected chi connectivity index (χ1v) is 7.35. The molecule has 2 heterocycles. The van der Waals surface area contributed by atoms with Gasteiger partial charge in [0.05, 0.1) is 23.9 Å². The molecule has 0 spiro atoms. The van der Waals surface area contributed by atoms with Crippen LogP contribution in [0, 0.1) is 0 Å². The number of ether oxygens (including phenoxy) is 3. The van der Waals surface area contributed by atoms with E-state index >= 15 is 0 Å². The first-order valence-electron chi connectivity index (χ1n) is 7.35. The summed E-state index contributed by atoms with van der Waals surface area (Å²) < 4.78 is 16.3. The van der Waals surface area contributed by atoms with Crippen molar-refractivity contribution >= 4 is 5.78 Å². The molecule has 0 amide bonds. The third-order valence-electron chi connectivity index (χ3n) is 4.17. The second kappa shape index (κ2) is 5.96. The maximum absolute atomic E-state index is 11.5. The number of methoxy groups -OCH3 is 1. The minimum Gasteiger partial charge on any atom is -0.377 e. The molecule has 4 heteroatoms. The van der Waals surface area contributed by atoms with Crippen molar-refractivity contribution in [2.75, 3.05) is 20.3 Å². The minimum absolute atomic E-state index is 0.0766. The molecule has 0 N–H and O–H groups in total. The van der Waals surface area contributed by atoms with Gasteiger partial charge in [0.2, 0.25) is 0 Å². The first kappa shape index (κ1) is 15.7. The number of Topliss-reactive ketones (excluding diaryl/α,β-unsaturated/α-hetero) is 1. The zero-order valence-corrected chi connectivity index (χ0v) is 13.0. The van der Waals surface area contributed by atoms with Crippen LogP contribution in [0.2, 0.25) is 0 Å². The van der Waals surface area contributed by atoms with Gasteiger partial charge in [0.25, 0.3) is 0 Å². The van der Waals surface area contributed by atoms with E-state index in [9.17, 15) is 4.79 Å². The van der Waals surface area contributed by atoms with Crippen LogP contribution in [0.3, 0.4) is 0 Å². The van der Waals surface area contributed by atoms with Crippen LogP contribution in [0.5, 0.6) is 0 Å². The molecule has 0 bridgehead atoms. The van der Waals surface area contributed by atoms with Crippen molar-refractivity contribution in [1.29, 1.82) is 0 Å². The van der Waals surface area contributed by atoms with E-state index in [0.717, 1.165) is 25.9 Å². The molecule has 2 aliphatic heterocycles. The lowest BCUT2D eigenvalue weighted by atomic mass is 9.88. The molecule has 2 aliphatic rings. The topological polar surface area (TPSA) is 51.4 Å². The van der Waals surface area contributed by atoms with Crippen LogP contribution >= 0.6 is 0 Å². The Hall–Kier alpha value is -0.710. The van der Waals surface area contributed by atoms with Gasteiger partial charge in [-0.05, 0) is 33.6 Å². The van der Waals surface area contributed by atoms with Gasteiger partial charge in [0.1, 0.15) is 6.61 Å². The number of hydrogen-bond donors (Lipinski definition) is 0. The summed E-state index contributed by atoms with van der Waals surface area (Å²) in [5, 5.41) is 0. The smallest absolute Gasteiger partial charge is 0.158 e. The Kier molecular flexibility index (Phi) is 4.67. The standard InChI is InChI=1S/C16H26O4/c1-12(2)5-6-14-15(3,20-14)10-16(11-19-16)8-7-13(17)9-18-4/h5,14H,6-11H2,1-4H3. The highest BCUT2D eigenvalue weighted by Gasteiger charge is 2.59. The largest absolute Gasteiger partial charge is 0.377 e. The zero-order valence-electron chi connectivity index (χ0n) is 13.0. The van der Waals surface area contributed by atoms with Crippen molar-refractivity contribution in [3.8, 4) is 0 Å². The Morgan fingerprint density at radius 3 is 2.70 bits per heavy atom. The van der Waals surface area contributed by atoms with Gasteiger partial charge in [-0.3, -0.25) is 4.79 Å². The maximum Gasteiger partial charge on any atom is 0.158 e. The number of allylic oxidation sites excluding steroid dienone is 1. The molecule has 2 saturated heterocycles. The Bertz CT molecular complexity index is 393. The zero-order chi connectivity index (χ0) is 14.8. The molecule has 114 valence electrons. The van der Waals surface area contributed by atoms with E-state index in [-0.39, 0.29) is 23.6 Å². The van der Waals surface area contributed by atoms with Crippen molar-refractivity contribution in [2.24, 2.45) is 0 Å². The Morgan fingerprint density at radius 2 is 2.15 bits per heavy atom. The van der Waals surface area contributed by atoms with E-state index in [1.54, 1.807) is 7.11 Å². The van der Waals surface area contributed by atoms with Gasteiger partial charge in [-0.2, -0.15) is 0 Å². The van der Waals surface area contributed by atoms with Crippen molar-refractivity contribution in [1.82, 2.24) is 0 Å². The molecule has 4 nitrogen and oxygen atoms in total. The highest BCUT2D eigenvalue weighted by molar-refractivity contribution is 5.79. The van der Waals surface area contributed by atoms with Gasteiger partial charge in [-0.15, -0.1) is 0 Å². The number of ketones is 1. The molecule has 2 fully saturated rings. The predicted octanol–water partition coefficient (Wildman–Crippen LogP) is 2.66. The SMILES string of the molecule is COCC(=O)CCC1(CC2(C)OC2CC=C(C)C)CO1. The molecular weight excluding hydrogens is 256 g/mol. The summed E-state index contributed by atoms with van der Waals surface area (Å²) in [4.78, 5) is 11.5. The summed E-state index contributed by atoms with van der Waals surface area (Å²) in [6, 6.07) is 0. The molecule has 2 rings (SSSR count). The Morgan fingerprint density at radius 1 is 1.45 bits per heavy atom. The van der Waals surface area contributed by atoms with E-state index in [1.165, 1.54) is 5.57 Å². The summed E-state index contributed by atoms with van der Waals surface area (Å²) in [6.07, 6.45) is 5.69. The average molecular weight is 282 g/mol. The monoisotopic (exact) mass is 282 g/mol. The van der Waals surface area contributed by atoms with Gasteiger partial charge in [0.15, 0.2) is 5.78 Å². The van der Waals surface area contributed by atoms with E-state index in [2.05, 4.69) is 26.8 Å². The molecule has 0 aliphatic carbocycles. The van der Waals surface area contributed by atoms with Gasteiger partial charge < -0.3 is 14.2 Å². The summed E-state index contributed by atoms with van der Waals surface area (Å²) in [5.41, 5.74) is 1.12. The summed E-state index contributed by atoms with van der Waals surface area (Å²) in [5.74, 6) is 0.144. The number of hydrogen-bond acceptors (Lipinski definition) is 4. The molecule has 0 aromatic heterocycles. The Labute approximate surface area is 121 Å².